The third-order valence-electron chi connectivity index (χ3n) is 3.92. The van der Waals surface area contributed by atoms with Crippen molar-refractivity contribution in [3.63, 3.8) is 0 Å². The van der Waals surface area contributed by atoms with E-state index in [0.29, 0.717) is 36.8 Å². The summed E-state index contributed by atoms with van der Waals surface area (Å²) in [7, 11) is 1.48. The fourth-order valence-corrected chi connectivity index (χ4v) is 3.42. The fourth-order valence-electron chi connectivity index (χ4n) is 2.50. The Morgan fingerprint density at radius 1 is 1.03 bits per heavy atom. The van der Waals surface area contributed by atoms with Crippen molar-refractivity contribution >= 4 is 52.3 Å². The van der Waals surface area contributed by atoms with Crippen LogP contribution in [0.25, 0.3) is 0 Å². The van der Waals surface area contributed by atoms with Gasteiger partial charge in [-0.3, -0.25) is 4.79 Å². The highest BCUT2D eigenvalue weighted by molar-refractivity contribution is 14.1. The maximum atomic E-state index is 12.4. The lowest BCUT2D eigenvalue weighted by Crippen LogP contribution is -2.17. The second-order valence-electron chi connectivity index (χ2n) is 6.00. The maximum Gasteiger partial charge on any atom is 0.343 e. The first-order valence-electron chi connectivity index (χ1n) is 8.71. The van der Waals surface area contributed by atoms with E-state index in [-0.39, 0.29) is 5.91 Å². The van der Waals surface area contributed by atoms with Crippen LogP contribution in [-0.4, -0.2) is 25.2 Å². The molecule has 1 N–H and O–H groups in total. The SMILES string of the molecule is COc1cc(/C=N\NC(=O)c2cccc(Cl)c2)cc(I)c1OC(=O)c1ccccc1. The molecule has 1 amide bonds. The zero-order valence-electron chi connectivity index (χ0n) is 15.8. The van der Waals surface area contributed by atoms with Gasteiger partial charge in [-0.2, -0.15) is 5.10 Å². The molecule has 3 aromatic rings. The molecule has 0 radical (unpaired) electrons. The Kier molecular flexibility index (Phi) is 7.42. The Morgan fingerprint density at radius 3 is 2.47 bits per heavy atom. The molecule has 0 spiro atoms. The lowest BCUT2D eigenvalue weighted by atomic mass is 10.2. The maximum absolute atomic E-state index is 12.4. The van der Waals surface area contributed by atoms with Crippen LogP contribution in [0.5, 0.6) is 11.5 Å². The molecule has 0 heterocycles. The topological polar surface area (TPSA) is 77.0 Å². The van der Waals surface area contributed by atoms with Gasteiger partial charge in [0.25, 0.3) is 5.91 Å². The second kappa shape index (κ2) is 10.2. The van der Waals surface area contributed by atoms with Crippen molar-refractivity contribution < 1.29 is 19.1 Å². The van der Waals surface area contributed by atoms with Crippen LogP contribution in [0.3, 0.4) is 0 Å². The number of methoxy groups -OCH3 is 1. The monoisotopic (exact) mass is 534 g/mol. The summed E-state index contributed by atoms with van der Waals surface area (Å²) in [4.78, 5) is 24.5. The number of hydrogen-bond acceptors (Lipinski definition) is 5. The Labute approximate surface area is 192 Å². The van der Waals surface area contributed by atoms with Crippen LogP contribution in [0.15, 0.2) is 71.8 Å². The Bertz CT molecular complexity index is 1100. The van der Waals surface area contributed by atoms with Crippen molar-refractivity contribution in [1.82, 2.24) is 5.43 Å². The molecule has 0 unspecified atom stereocenters. The first-order valence-corrected chi connectivity index (χ1v) is 10.2. The lowest BCUT2D eigenvalue weighted by molar-refractivity contribution is 0.0728. The number of nitrogens with zero attached hydrogens (tertiary/aromatic N) is 1. The quantitative estimate of drug-likeness (QED) is 0.160. The number of halogens is 2. The van der Waals surface area contributed by atoms with Crippen LogP contribution in [0.1, 0.15) is 26.3 Å². The summed E-state index contributed by atoms with van der Waals surface area (Å²) in [6, 6.07) is 18.7. The molecule has 3 rings (SSSR count). The molecule has 0 bridgehead atoms. The van der Waals surface area contributed by atoms with Gasteiger partial charge in [0, 0.05) is 10.6 Å². The van der Waals surface area contributed by atoms with E-state index in [1.54, 1.807) is 60.7 Å². The number of nitrogens with one attached hydrogen (secondary N) is 1. The molecule has 0 atom stereocenters. The summed E-state index contributed by atoms with van der Waals surface area (Å²) < 4.78 is 11.5. The minimum absolute atomic E-state index is 0.312. The summed E-state index contributed by atoms with van der Waals surface area (Å²) in [5.74, 6) is -0.188. The molecule has 0 aliphatic carbocycles. The van der Waals surface area contributed by atoms with Crippen LogP contribution in [0.4, 0.5) is 0 Å². The molecule has 0 aliphatic rings. The fraction of sp³-hybridized carbons (Fsp3) is 0.0455. The predicted octanol–water partition coefficient (Wildman–Crippen LogP) is 4.94. The van der Waals surface area contributed by atoms with Crippen LogP contribution in [0, 0.1) is 3.57 Å². The van der Waals surface area contributed by atoms with Gasteiger partial charge in [0.05, 0.1) is 22.5 Å². The molecule has 3 aromatic carbocycles. The van der Waals surface area contributed by atoms with Gasteiger partial charge < -0.3 is 9.47 Å². The molecule has 0 aliphatic heterocycles. The summed E-state index contributed by atoms with van der Waals surface area (Å²) >= 11 is 7.94. The molecule has 0 saturated heterocycles. The largest absolute Gasteiger partial charge is 0.493 e. The number of carbonyl (C=O) groups is 2. The van der Waals surface area contributed by atoms with Crippen molar-refractivity contribution in [1.29, 1.82) is 0 Å². The van der Waals surface area contributed by atoms with E-state index < -0.39 is 5.97 Å². The zero-order chi connectivity index (χ0) is 21.5. The Hall–Kier alpha value is -2.91. The first kappa shape index (κ1) is 21.8. The summed E-state index contributed by atoms with van der Waals surface area (Å²) in [6.45, 7) is 0. The first-order chi connectivity index (χ1) is 14.5. The third kappa shape index (κ3) is 5.58. The molecular formula is C22H16ClIN2O4. The van der Waals surface area contributed by atoms with Gasteiger partial charge in [0.2, 0.25) is 0 Å². The number of amides is 1. The molecule has 152 valence electrons. The number of esters is 1. The van der Waals surface area contributed by atoms with Crippen LogP contribution >= 0.6 is 34.2 Å². The number of carbonyl (C=O) groups excluding carboxylic acids is 2. The highest BCUT2D eigenvalue weighted by Gasteiger charge is 2.16. The van der Waals surface area contributed by atoms with Gasteiger partial charge in [-0.1, -0.05) is 35.9 Å². The van der Waals surface area contributed by atoms with Crippen molar-refractivity contribution in [2.45, 2.75) is 0 Å². The van der Waals surface area contributed by atoms with Crippen LogP contribution in [-0.2, 0) is 0 Å². The number of hydrogen-bond donors (Lipinski definition) is 1. The van der Waals surface area contributed by atoms with E-state index in [1.807, 2.05) is 28.7 Å². The number of benzene rings is 3. The van der Waals surface area contributed by atoms with Crippen molar-refractivity contribution in [2.24, 2.45) is 5.10 Å². The minimum atomic E-state index is -0.484. The lowest BCUT2D eigenvalue weighted by Gasteiger charge is -2.12. The molecular weight excluding hydrogens is 519 g/mol. The normalized spacial score (nSPS) is 10.6. The number of rotatable bonds is 6. The summed E-state index contributed by atoms with van der Waals surface area (Å²) in [5, 5.41) is 4.43. The Balaban J connectivity index is 1.74. The molecule has 0 fully saturated rings. The van der Waals surface area contributed by atoms with Crippen molar-refractivity contribution in [3.8, 4) is 11.5 Å². The minimum Gasteiger partial charge on any atom is -0.493 e. The van der Waals surface area contributed by atoms with E-state index in [1.165, 1.54) is 13.3 Å². The van der Waals surface area contributed by atoms with Gasteiger partial charge in [0.1, 0.15) is 0 Å². The van der Waals surface area contributed by atoms with E-state index in [4.69, 9.17) is 21.1 Å². The number of ether oxygens (including phenoxy) is 2. The molecule has 0 saturated carbocycles. The smallest absolute Gasteiger partial charge is 0.343 e. The average molecular weight is 535 g/mol. The Morgan fingerprint density at radius 2 is 1.77 bits per heavy atom. The van der Waals surface area contributed by atoms with Gasteiger partial charge in [-0.05, 0) is 70.6 Å². The van der Waals surface area contributed by atoms with Crippen molar-refractivity contribution in [3.05, 3.63) is 92.0 Å². The second-order valence-corrected chi connectivity index (χ2v) is 7.60. The summed E-state index contributed by atoms with van der Waals surface area (Å²) in [5.41, 5.74) is 3.93. The highest BCUT2D eigenvalue weighted by atomic mass is 127. The van der Waals surface area contributed by atoms with Gasteiger partial charge in [-0.25, -0.2) is 10.2 Å². The molecule has 6 nitrogen and oxygen atoms in total. The van der Waals surface area contributed by atoms with Crippen LogP contribution in [0.2, 0.25) is 5.02 Å². The number of hydrazone groups is 1. The van der Waals surface area contributed by atoms with Crippen LogP contribution < -0.4 is 14.9 Å². The molecule has 8 heteroatoms. The van der Waals surface area contributed by atoms with Gasteiger partial charge in [0.15, 0.2) is 11.5 Å². The average Bonchev–Trinajstić information content (AvgIpc) is 2.75. The third-order valence-corrected chi connectivity index (χ3v) is 4.96. The highest BCUT2D eigenvalue weighted by Crippen LogP contribution is 2.34. The van der Waals surface area contributed by atoms with Crippen molar-refractivity contribution in [2.75, 3.05) is 7.11 Å². The summed E-state index contributed by atoms with van der Waals surface area (Å²) in [6.07, 6.45) is 1.47. The van der Waals surface area contributed by atoms with E-state index in [9.17, 15) is 9.59 Å². The van der Waals surface area contributed by atoms with E-state index >= 15 is 0 Å². The molecule has 0 aromatic heterocycles. The van der Waals surface area contributed by atoms with Gasteiger partial charge in [-0.15, -0.1) is 0 Å². The predicted molar refractivity (Wildman–Crippen MR) is 124 cm³/mol. The van der Waals surface area contributed by atoms with Gasteiger partial charge >= 0.3 is 5.97 Å². The van der Waals surface area contributed by atoms with E-state index in [2.05, 4.69) is 10.5 Å². The standard InChI is InChI=1S/C22H16ClIN2O4/c1-29-19-11-14(13-25-26-21(27)16-8-5-9-17(23)12-16)10-18(24)20(19)30-22(28)15-6-3-2-4-7-15/h2-13H,1H3,(H,26,27)/b25-13-. The zero-order valence-corrected chi connectivity index (χ0v) is 18.7. The molecule has 30 heavy (non-hydrogen) atoms. The van der Waals surface area contributed by atoms with E-state index in [0.717, 1.165) is 0 Å².